The Morgan fingerprint density at radius 1 is 1.04 bits per heavy atom. The number of carbonyl (C=O) groups excluding carboxylic acids is 1. The van der Waals surface area contributed by atoms with E-state index in [0.29, 0.717) is 25.2 Å². The number of rotatable bonds is 12. The minimum absolute atomic E-state index is 0.322. The van der Waals surface area contributed by atoms with Gasteiger partial charge in [-0.2, -0.15) is 0 Å². The highest BCUT2D eigenvalue weighted by Gasteiger charge is 2.22. The number of unbranched alkanes of at least 4 members (excludes halogenated alkanes) is 3. The quantitative estimate of drug-likeness (QED) is 0.530. The zero-order valence-corrected chi connectivity index (χ0v) is 17.7. The summed E-state index contributed by atoms with van der Waals surface area (Å²) in [4.78, 5) is 14.1. The second-order valence-corrected chi connectivity index (χ2v) is 8.17. The number of hydrogen-bond acceptors (Lipinski definition) is 4. The maximum atomic E-state index is 11.8. The van der Waals surface area contributed by atoms with Gasteiger partial charge in [0.05, 0.1) is 6.10 Å². The van der Waals surface area contributed by atoms with Crippen LogP contribution in [-0.2, 0) is 16.1 Å². The summed E-state index contributed by atoms with van der Waals surface area (Å²) in [6.07, 6.45) is 9.52. The van der Waals surface area contributed by atoms with Gasteiger partial charge in [-0.1, -0.05) is 43.2 Å². The molecule has 1 fully saturated rings. The Labute approximate surface area is 170 Å². The zero-order valence-electron chi connectivity index (χ0n) is 17.7. The number of ether oxygens (including phenoxy) is 2. The molecular weight excluding hydrogens is 352 g/mol. The molecule has 28 heavy (non-hydrogen) atoms. The van der Waals surface area contributed by atoms with Crippen LogP contribution in [0.25, 0.3) is 0 Å². The topological polar surface area (TPSA) is 50.8 Å². The van der Waals surface area contributed by atoms with Gasteiger partial charge in [0, 0.05) is 13.2 Å². The molecule has 1 aliphatic carbocycles. The molecule has 5 nitrogen and oxygen atoms in total. The first-order chi connectivity index (χ1) is 13.6. The second-order valence-electron chi connectivity index (χ2n) is 8.17. The molecule has 5 heteroatoms. The van der Waals surface area contributed by atoms with Crippen molar-refractivity contribution in [3.05, 3.63) is 35.9 Å². The largest absolute Gasteiger partial charge is 0.445 e. The fourth-order valence-electron chi connectivity index (χ4n) is 3.64. The van der Waals surface area contributed by atoms with Gasteiger partial charge >= 0.3 is 6.09 Å². The van der Waals surface area contributed by atoms with E-state index in [2.05, 4.69) is 24.3 Å². The number of alkyl carbamates (subject to hydrolysis) is 1. The van der Waals surface area contributed by atoms with Crippen molar-refractivity contribution in [2.75, 3.05) is 33.8 Å². The third-order valence-electron chi connectivity index (χ3n) is 5.39. The zero-order chi connectivity index (χ0) is 20.0. The van der Waals surface area contributed by atoms with Gasteiger partial charge in [0.2, 0.25) is 0 Å². The van der Waals surface area contributed by atoms with Crippen LogP contribution in [0.2, 0.25) is 0 Å². The monoisotopic (exact) mass is 390 g/mol. The molecular formula is C23H38N2O3. The molecule has 1 N–H and O–H groups in total. The van der Waals surface area contributed by atoms with Gasteiger partial charge in [-0.3, -0.25) is 0 Å². The van der Waals surface area contributed by atoms with Crippen molar-refractivity contribution in [1.82, 2.24) is 10.2 Å². The summed E-state index contributed by atoms with van der Waals surface area (Å²) in [5.41, 5.74) is 1.01. The van der Waals surface area contributed by atoms with E-state index in [-0.39, 0.29) is 6.09 Å². The van der Waals surface area contributed by atoms with Gasteiger partial charge in [-0.05, 0) is 70.6 Å². The van der Waals surface area contributed by atoms with Crippen molar-refractivity contribution in [3.63, 3.8) is 0 Å². The molecule has 0 aromatic heterocycles. The van der Waals surface area contributed by atoms with Gasteiger partial charge in [-0.15, -0.1) is 0 Å². The molecule has 1 aliphatic rings. The third kappa shape index (κ3) is 10.1. The van der Waals surface area contributed by atoms with Gasteiger partial charge in [0.1, 0.15) is 6.61 Å². The van der Waals surface area contributed by atoms with Crippen LogP contribution in [0.3, 0.4) is 0 Å². The van der Waals surface area contributed by atoms with Crippen molar-refractivity contribution in [2.24, 2.45) is 5.92 Å². The molecule has 0 radical (unpaired) electrons. The number of hydrogen-bond donors (Lipinski definition) is 1. The summed E-state index contributed by atoms with van der Waals surface area (Å²) in [7, 11) is 4.26. The molecule has 0 spiro atoms. The van der Waals surface area contributed by atoms with Crippen molar-refractivity contribution >= 4 is 6.09 Å². The highest BCUT2D eigenvalue weighted by Crippen LogP contribution is 2.26. The van der Waals surface area contributed by atoms with E-state index in [9.17, 15) is 4.79 Å². The number of benzene rings is 1. The maximum Gasteiger partial charge on any atom is 0.407 e. The molecule has 0 atom stereocenters. The van der Waals surface area contributed by atoms with E-state index >= 15 is 0 Å². The van der Waals surface area contributed by atoms with E-state index < -0.39 is 0 Å². The smallest absolute Gasteiger partial charge is 0.407 e. The van der Waals surface area contributed by atoms with Crippen LogP contribution in [0.4, 0.5) is 4.79 Å². The van der Waals surface area contributed by atoms with Crippen molar-refractivity contribution < 1.29 is 14.3 Å². The first-order valence-corrected chi connectivity index (χ1v) is 10.8. The summed E-state index contributed by atoms with van der Waals surface area (Å²) >= 11 is 0. The minimum Gasteiger partial charge on any atom is -0.445 e. The van der Waals surface area contributed by atoms with Gasteiger partial charge < -0.3 is 19.7 Å². The number of amides is 1. The fourth-order valence-corrected chi connectivity index (χ4v) is 3.64. The van der Waals surface area contributed by atoms with Crippen LogP contribution in [0.5, 0.6) is 0 Å². The summed E-state index contributed by atoms with van der Waals surface area (Å²) in [5.74, 6) is 0.537. The first-order valence-electron chi connectivity index (χ1n) is 10.8. The van der Waals surface area contributed by atoms with Gasteiger partial charge in [0.15, 0.2) is 0 Å². The molecule has 2 rings (SSSR count). The van der Waals surface area contributed by atoms with E-state index in [1.54, 1.807) is 0 Å². The lowest BCUT2D eigenvalue weighted by Gasteiger charge is -2.28. The van der Waals surface area contributed by atoms with E-state index in [1.165, 1.54) is 32.2 Å². The summed E-state index contributed by atoms with van der Waals surface area (Å²) in [6.45, 7) is 3.09. The van der Waals surface area contributed by atoms with Gasteiger partial charge in [0.25, 0.3) is 0 Å². The average Bonchev–Trinajstić information content (AvgIpc) is 2.71. The highest BCUT2D eigenvalue weighted by molar-refractivity contribution is 5.67. The van der Waals surface area contributed by atoms with Crippen molar-refractivity contribution in [3.8, 4) is 0 Å². The number of carbonyl (C=O) groups is 1. The number of nitrogens with one attached hydrogen (secondary N) is 1. The Morgan fingerprint density at radius 2 is 1.75 bits per heavy atom. The Morgan fingerprint density at radius 3 is 2.46 bits per heavy atom. The van der Waals surface area contributed by atoms with Crippen molar-refractivity contribution in [1.29, 1.82) is 0 Å². The molecule has 158 valence electrons. The molecule has 1 aromatic carbocycles. The molecule has 0 aliphatic heterocycles. The van der Waals surface area contributed by atoms with E-state index in [1.807, 2.05) is 30.3 Å². The fraction of sp³-hybridized carbons (Fsp3) is 0.696. The molecule has 1 aromatic rings. The normalized spacial score (nSPS) is 19.5. The Bertz CT molecular complexity index is 528. The average molecular weight is 391 g/mol. The lowest BCUT2D eigenvalue weighted by atomic mass is 9.87. The summed E-state index contributed by atoms with van der Waals surface area (Å²) in [6, 6.07) is 9.76. The molecule has 0 heterocycles. The predicted octanol–water partition coefficient (Wildman–Crippen LogP) is 4.61. The summed E-state index contributed by atoms with van der Waals surface area (Å²) < 4.78 is 11.3. The minimum atomic E-state index is -0.323. The summed E-state index contributed by atoms with van der Waals surface area (Å²) in [5, 5.41) is 2.91. The van der Waals surface area contributed by atoms with Crippen LogP contribution in [0.1, 0.15) is 56.9 Å². The van der Waals surface area contributed by atoms with Gasteiger partial charge in [-0.25, -0.2) is 4.79 Å². The second kappa shape index (κ2) is 13.6. The van der Waals surface area contributed by atoms with Crippen LogP contribution in [0.15, 0.2) is 30.3 Å². The maximum absolute atomic E-state index is 11.8. The standard InChI is InChI=1S/C23H38N2O3/c1-25(2)16-8-3-4-9-17-27-22-14-12-20(13-15-22)18-24-23(26)28-19-21-10-6-5-7-11-21/h5-7,10-11,20,22H,3-4,8-9,12-19H2,1-2H3,(H,24,26). The van der Waals surface area contributed by atoms with Crippen molar-refractivity contribution in [2.45, 2.75) is 64.1 Å². The Kier molecular flexibility index (Phi) is 11.0. The molecule has 0 saturated heterocycles. The lowest BCUT2D eigenvalue weighted by molar-refractivity contribution is 0.0161. The molecule has 0 unspecified atom stereocenters. The highest BCUT2D eigenvalue weighted by atomic mass is 16.5. The SMILES string of the molecule is CN(C)CCCCCCOC1CCC(CNC(=O)OCc2ccccc2)CC1. The molecule has 0 bridgehead atoms. The predicted molar refractivity (Wildman–Crippen MR) is 113 cm³/mol. The first kappa shape index (κ1) is 22.7. The Hall–Kier alpha value is -1.59. The molecule has 1 amide bonds. The molecule has 1 saturated carbocycles. The van der Waals surface area contributed by atoms with Crippen LogP contribution >= 0.6 is 0 Å². The lowest BCUT2D eigenvalue weighted by Crippen LogP contribution is -2.33. The Balaban J connectivity index is 1.45. The van der Waals surface area contributed by atoms with E-state index in [0.717, 1.165) is 37.9 Å². The van der Waals surface area contributed by atoms with Crippen LogP contribution in [0, 0.1) is 5.92 Å². The number of nitrogens with zero attached hydrogens (tertiary/aromatic N) is 1. The third-order valence-corrected chi connectivity index (χ3v) is 5.39. The van der Waals surface area contributed by atoms with Crippen LogP contribution in [-0.4, -0.2) is 50.9 Å². The van der Waals surface area contributed by atoms with Crippen LogP contribution < -0.4 is 5.32 Å². The van der Waals surface area contributed by atoms with E-state index in [4.69, 9.17) is 9.47 Å².